The van der Waals surface area contributed by atoms with Crippen molar-refractivity contribution < 1.29 is 19.4 Å². The van der Waals surface area contributed by atoms with Gasteiger partial charge in [-0.3, -0.25) is 0 Å². The number of methoxy groups -OCH3 is 1. The number of ether oxygens (including phenoxy) is 2. The molecular weight excluding hydrogens is 365 g/mol. The molecule has 0 spiro atoms. The molecule has 0 unspecified atom stereocenters. The van der Waals surface area contributed by atoms with E-state index in [4.69, 9.17) is 37.8 Å². The lowest BCUT2D eigenvalue weighted by Crippen LogP contribution is -2.07. The molecule has 2 aromatic rings. The minimum atomic E-state index is -1.01. The first-order valence-electron chi connectivity index (χ1n) is 7.61. The molecule has 0 atom stereocenters. The van der Waals surface area contributed by atoms with Gasteiger partial charge in [0.05, 0.1) is 34.5 Å². The maximum atomic E-state index is 11.1. The van der Waals surface area contributed by atoms with Crippen LogP contribution in [0.2, 0.25) is 10.0 Å². The smallest absolute Gasteiger partial charge is 0.335 e. The van der Waals surface area contributed by atoms with Crippen LogP contribution in [0.25, 0.3) is 0 Å². The molecule has 2 rings (SSSR count). The minimum Gasteiger partial charge on any atom is -0.495 e. The first-order valence-corrected chi connectivity index (χ1v) is 8.37. The van der Waals surface area contributed by atoms with Gasteiger partial charge in [-0.15, -0.1) is 0 Å². The van der Waals surface area contributed by atoms with Gasteiger partial charge in [0.2, 0.25) is 0 Å². The predicted octanol–water partition coefficient (Wildman–Crippen LogP) is 5.10. The Morgan fingerprint density at radius 1 is 1.20 bits per heavy atom. The molecule has 2 aromatic carbocycles. The van der Waals surface area contributed by atoms with Crippen LogP contribution in [0, 0.1) is 0 Å². The number of carbonyl (C=O) groups is 1. The molecule has 0 fully saturated rings. The number of hydrogen-bond donors (Lipinski definition) is 2. The summed E-state index contributed by atoms with van der Waals surface area (Å²) in [5.41, 5.74) is 1.56. The summed E-state index contributed by atoms with van der Waals surface area (Å²) in [7, 11) is 1.52. The van der Waals surface area contributed by atoms with Gasteiger partial charge in [0.1, 0.15) is 5.75 Å². The van der Waals surface area contributed by atoms with Crippen molar-refractivity contribution in [3.63, 3.8) is 0 Å². The average molecular weight is 384 g/mol. The van der Waals surface area contributed by atoms with Gasteiger partial charge in [0.15, 0.2) is 5.75 Å². The van der Waals surface area contributed by atoms with Crippen LogP contribution in [-0.2, 0) is 6.54 Å². The standard InChI is InChI=1S/C18H19Cl2NO4/c1-10(2)25-17-13(19)6-11(7-14(17)20)9-21-15-8-12(18(22)23)4-5-16(15)24-3/h4-8,10,21H,9H2,1-3H3,(H,22,23). The summed E-state index contributed by atoms with van der Waals surface area (Å²) in [4.78, 5) is 11.1. The number of aromatic carboxylic acids is 1. The molecule has 2 N–H and O–H groups in total. The highest BCUT2D eigenvalue weighted by Gasteiger charge is 2.13. The van der Waals surface area contributed by atoms with Crippen LogP contribution in [0.1, 0.15) is 29.8 Å². The number of benzene rings is 2. The monoisotopic (exact) mass is 383 g/mol. The highest BCUT2D eigenvalue weighted by Crippen LogP contribution is 2.35. The summed E-state index contributed by atoms with van der Waals surface area (Å²) in [6.07, 6.45) is -0.0398. The van der Waals surface area contributed by atoms with E-state index in [-0.39, 0.29) is 11.7 Å². The second-order valence-corrected chi connectivity index (χ2v) is 6.44. The molecule has 0 amide bonds. The molecule has 134 valence electrons. The van der Waals surface area contributed by atoms with E-state index >= 15 is 0 Å². The largest absolute Gasteiger partial charge is 0.495 e. The molecule has 0 radical (unpaired) electrons. The van der Waals surface area contributed by atoms with E-state index in [1.165, 1.54) is 19.2 Å². The van der Waals surface area contributed by atoms with Crippen LogP contribution >= 0.6 is 23.2 Å². The SMILES string of the molecule is COc1ccc(C(=O)O)cc1NCc1cc(Cl)c(OC(C)C)c(Cl)c1. The normalized spacial score (nSPS) is 10.6. The zero-order valence-corrected chi connectivity index (χ0v) is 15.6. The summed E-state index contributed by atoms with van der Waals surface area (Å²) in [5.74, 6) is -0.0125. The van der Waals surface area contributed by atoms with Crippen LogP contribution in [0.3, 0.4) is 0 Å². The summed E-state index contributed by atoms with van der Waals surface area (Å²) in [6, 6.07) is 8.11. The van der Waals surface area contributed by atoms with Crippen molar-refractivity contribution in [1.29, 1.82) is 0 Å². The van der Waals surface area contributed by atoms with Crippen LogP contribution in [-0.4, -0.2) is 24.3 Å². The minimum absolute atomic E-state index is 0.0398. The fraction of sp³-hybridized carbons (Fsp3) is 0.278. The van der Waals surface area contributed by atoms with E-state index in [1.807, 2.05) is 13.8 Å². The van der Waals surface area contributed by atoms with Crippen molar-refractivity contribution in [2.24, 2.45) is 0 Å². The third-order valence-electron chi connectivity index (χ3n) is 3.34. The second-order valence-electron chi connectivity index (χ2n) is 5.63. The Balaban J connectivity index is 2.21. The predicted molar refractivity (Wildman–Crippen MR) is 99.5 cm³/mol. The Morgan fingerprint density at radius 2 is 1.84 bits per heavy atom. The first-order chi connectivity index (χ1) is 11.8. The number of hydrogen-bond acceptors (Lipinski definition) is 4. The molecule has 0 aromatic heterocycles. The maximum Gasteiger partial charge on any atom is 0.335 e. The highest BCUT2D eigenvalue weighted by atomic mass is 35.5. The summed E-state index contributed by atoms with van der Waals surface area (Å²) >= 11 is 12.5. The van der Waals surface area contributed by atoms with Crippen molar-refractivity contribution in [1.82, 2.24) is 0 Å². The first kappa shape index (κ1) is 19.2. The van der Waals surface area contributed by atoms with E-state index in [0.717, 1.165) is 5.56 Å². The fourth-order valence-electron chi connectivity index (χ4n) is 2.24. The van der Waals surface area contributed by atoms with Crippen molar-refractivity contribution in [2.45, 2.75) is 26.5 Å². The van der Waals surface area contributed by atoms with Crippen LogP contribution < -0.4 is 14.8 Å². The van der Waals surface area contributed by atoms with E-state index in [2.05, 4.69) is 5.32 Å². The van der Waals surface area contributed by atoms with Crippen LogP contribution in [0.15, 0.2) is 30.3 Å². The summed E-state index contributed by atoms with van der Waals surface area (Å²) < 4.78 is 10.9. The van der Waals surface area contributed by atoms with Gasteiger partial charge in [-0.1, -0.05) is 23.2 Å². The molecule has 0 saturated carbocycles. The lowest BCUT2D eigenvalue weighted by Gasteiger charge is -2.16. The molecule has 0 aliphatic heterocycles. The molecule has 5 nitrogen and oxygen atoms in total. The van der Waals surface area contributed by atoms with Gasteiger partial charge >= 0.3 is 5.97 Å². The average Bonchev–Trinajstić information content (AvgIpc) is 2.55. The van der Waals surface area contributed by atoms with Crippen molar-refractivity contribution >= 4 is 34.9 Å². The maximum absolute atomic E-state index is 11.1. The van der Waals surface area contributed by atoms with Crippen LogP contribution in [0.4, 0.5) is 5.69 Å². The molecule has 7 heteroatoms. The molecule has 25 heavy (non-hydrogen) atoms. The van der Waals surface area contributed by atoms with Crippen molar-refractivity contribution in [3.8, 4) is 11.5 Å². The van der Waals surface area contributed by atoms with E-state index < -0.39 is 5.97 Å². The Hall–Kier alpha value is -2.11. The van der Waals surface area contributed by atoms with Gasteiger partial charge in [-0.05, 0) is 49.7 Å². The van der Waals surface area contributed by atoms with Gasteiger partial charge in [0, 0.05) is 6.54 Å². The lowest BCUT2D eigenvalue weighted by molar-refractivity contribution is 0.0697. The topological polar surface area (TPSA) is 67.8 Å². The number of anilines is 1. The molecule has 0 aliphatic rings. The fourth-order valence-corrected chi connectivity index (χ4v) is 2.86. The Bertz CT molecular complexity index is 755. The zero-order chi connectivity index (χ0) is 18.6. The van der Waals surface area contributed by atoms with Gasteiger partial charge in [0.25, 0.3) is 0 Å². The van der Waals surface area contributed by atoms with E-state index in [9.17, 15) is 4.79 Å². The van der Waals surface area contributed by atoms with Crippen molar-refractivity contribution in [2.75, 3.05) is 12.4 Å². The van der Waals surface area contributed by atoms with Gasteiger partial charge < -0.3 is 19.9 Å². The van der Waals surface area contributed by atoms with Gasteiger partial charge in [-0.2, -0.15) is 0 Å². The Kier molecular flexibility index (Phi) is 6.39. The number of carboxylic acid groups (broad SMARTS) is 1. The van der Waals surface area contributed by atoms with E-state index in [0.29, 0.717) is 33.8 Å². The number of rotatable bonds is 7. The number of halogens is 2. The van der Waals surface area contributed by atoms with Gasteiger partial charge in [-0.25, -0.2) is 4.79 Å². The highest BCUT2D eigenvalue weighted by molar-refractivity contribution is 6.37. The quantitative estimate of drug-likeness (QED) is 0.695. The molecule has 0 heterocycles. The zero-order valence-electron chi connectivity index (χ0n) is 14.1. The Labute approximate surface area is 156 Å². The number of nitrogens with one attached hydrogen (secondary N) is 1. The number of carboxylic acids is 1. The third kappa shape index (κ3) is 4.94. The molecule has 0 saturated heterocycles. The summed E-state index contributed by atoms with van der Waals surface area (Å²) in [6.45, 7) is 4.18. The van der Waals surface area contributed by atoms with E-state index in [1.54, 1.807) is 18.2 Å². The van der Waals surface area contributed by atoms with Crippen molar-refractivity contribution in [3.05, 3.63) is 51.5 Å². The third-order valence-corrected chi connectivity index (χ3v) is 3.90. The molecular formula is C18H19Cl2NO4. The lowest BCUT2D eigenvalue weighted by atomic mass is 10.1. The Morgan fingerprint density at radius 3 is 2.36 bits per heavy atom. The van der Waals surface area contributed by atoms with Crippen LogP contribution in [0.5, 0.6) is 11.5 Å². The molecule has 0 aliphatic carbocycles. The molecule has 0 bridgehead atoms. The second kappa shape index (κ2) is 8.32. The summed E-state index contributed by atoms with van der Waals surface area (Å²) in [5, 5.41) is 13.1.